The molecule has 0 amide bonds. The predicted octanol–water partition coefficient (Wildman–Crippen LogP) is 2.09. The number of hydrogen-bond donors (Lipinski definition) is 2. The van der Waals surface area contributed by atoms with Crippen molar-refractivity contribution in [2.45, 2.75) is 13.1 Å². The van der Waals surface area contributed by atoms with Crippen molar-refractivity contribution in [3.8, 4) is 11.5 Å². The van der Waals surface area contributed by atoms with Gasteiger partial charge in [0.2, 0.25) is 0 Å². The summed E-state index contributed by atoms with van der Waals surface area (Å²) in [6.07, 6.45) is 0. The third-order valence-electron chi connectivity index (χ3n) is 5.12. The number of aliphatic carboxylic acids is 2. The van der Waals surface area contributed by atoms with Gasteiger partial charge in [0.1, 0.15) is 11.5 Å². The summed E-state index contributed by atoms with van der Waals surface area (Å²) >= 11 is 0. The summed E-state index contributed by atoms with van der Waals surface area (Å²) in [7, 11) is 3.31. The molecule has 11 nitrogen and oxygen atoms in total. The Hall–Kier alpha value is -3.70. The van der Waals surface area contributed by atoms with Gasteiger partial charge in [0.05, 0.1) is 19.1 Å². The van der Waals surface area contributed by atoms with Crippen molar-refractivity contribution in [1.29, 1.82) is 0 Å². The summed E-state index contributed by atoms with van der Waals surface area (Å²) in [5.74, 6) is -2.04. The highest BCUT2D eigenvalue weighted by atomic mass is 16.6. The molecule has 0 bridgehead atoms. The first-order chi connectivity index (χ1) is 15.7. The van der Waals surface area contributed by atoms with Gasteiger partial charge in [-0.25, -0.2) is 9.59 Å². The smallest absolute Gasteiger partial charge is 0.414 e. The zero-order chi connectivity index (χ0) is 24.4. The molecule has 3 rings (SSSR count). The van der Waals surface area contributed by atoms with E-state index in [9.17, 15) is 10.1 Å². The molecular weight excluding hydrogens is 434 g/mol. The van der Waals surface area contributed by atoms with Gasteiger partial charge in [-0.1, -0.05) is 24.3 Å². The molecule has 1 aliphatic heterocycles. The number of methoxy groups -OCH3 is 2. The number of nitro groups is 1. The standard InChI is InChI=1S/C20H25N3O4.C2H2O4/c1-26-18-8-7-17(20(13-18)27-2)15-22-11-9-21(10-12-22)14-16-5-3-4-6-19(16)23(24)25;3-1(4)2(5)6/h3-8,13H,9-12,14-15H2,1-2H3;(H,3,4)(H,5,6). The number of carbonyl (C=O) groups is 2. The van der Waals surface area contributed by atoms with E-state index >= 15 is 0 Å². The molecule has 178 valence electrons. The maximum absolute atomic E-state index is 11.2. The fraction of sp³-hybridized carbons (Fsp3) is 0.364. The summed E-state index contributed by atoms with van der Waals surface area (Å²) in [5.41, 5.74) is 2.10. The van der Waals surface area contributed by atoms with E-state index in [0.29, 0.717) is 6.54 Å². The molecule has 11 heteroatoms. The van der Waals surface area contributed by atoms with E-state index in [1.165, 1.54) is 0 Å². The van der Waals surface area contributed by atoms with Crippen LogP contribution in [0.2, 0.25) is 0 Å². The lowest BCUT2D eigenvalue weighted by Gasteiger charge is -2.34. The van der Waals surface area contributed by atoms with Crippen LogP contribution in [0.5, 0.6) is 11.5 Å². The topological polar surface area (TPSA) is 143 Å². The number of ether oxygens (including phenoxy) is 2. The van der Waals surface area contributed by atoms with E-state index in [1.54, 1.807) is 26.4 Å². The van der Waals surface area contributed by atoms with Crippen molar-refractivity contribution in [2.24, 2.45) is 0 Å². The fourth-order valence-electron chi connectivity index (χ4n) is 3.39. The van der Waals surface area contributed by atoms with Crippen LogP contribution in [-0.4, -0.2) is 77.3 Å². The number of benzene rings is 2. The summed E-state index contributed by atoms with van der Waals surface area (Å²) in [5, 5.41) is 26.0. The Balaban J connectivity index is 0.000000569. The van der Waals surface area contributed by atoms with Crippen LogP contribution in [0.4, 0.5) is 5.69 Å². The van der Waals surface area contributed by atoms with E-state index in [1.807, 2.05) is 30.3 Å². The first-order valence-corrected chi connectivity index (χ1v) is 10.1. The van der Waals surface area contributed by atoms with Crippen LogP contribution >= 0.6 is 0 Å². The fourth-order valence-corrected chi connectivity index (χ4v) is 3.39. The van der Waals surface area contributed by atoms with Crippen LogP contribution < -0.4 is 9.47 Å². The molecule has 0 unspecified atom stereocenters. The Morgan fingerprint density at radius 3 is 1.94 bits per heavy atom. The molecule has 1 heterocycles. The first kappa shape index (κ1) is 25.6. The molecule has 2 aromatic carbocycles. The van der Waals surface area contributed by atoms with E-state index < -0.39 is 11.9 Å². The van der Waals surface area contributed by atoms with Gasteiger partial charge in [0.15, 0.2) is 0 Å². The third-order valence-corrected chi connectivity index (χ3v) is 5.12. The van der Waals surface area contributed by atoms with Gasteiger partial charge >= 0.3 is 11.9 Å². The van der Waals surface area contributed by atoms with Crippen molar-refractivity contribution in [3.63, 3.8) is 0 Å². The van der Waals surface area contributed by atoms with Gasteiger partial charge in [0, 0.05) is 62.5 Å². The minimum Gasteiger partial charge on any atom is -0.497 e. The molecule has 2 aromatic rings. The monoisotopic (exact) mass is 461 g/mol. The largest absolute Gasteiger partial charge is 0.497 e. The van der Waals surface area contributed by atoms with Gasteiger partial charge in [-0.2, -0.15) is 0 Å². The van der Waals surface area contributed by atoms with Crippen LogP contribution in [0.3, 0.4) is 0 Å². The number of nitrogens with zero attached hydrogens (tertiary/aromatic N) is 3. The van der Waals surface area contributed by atoms with Crippen molar-refractivity contribution in [2.75, 3.05) is 40.4 Å². The molecule has 33 heavy (non-hydrogen) atoms. The predicted molar refractivity (Wildman–Crippen MR) is 118 cm³/mol. The average Bonchev–Trinajstić information content (AvgIpc) is 2.81. The first-order valence-electron chi connectivity index (χ1n) is 10.1. The Morgan fingerprint density at radius 1 is 0.909 bits per heavy atom. The van der Waals surface area contributed by atoms with Crippen molar-refractivity contribution in [3.05, 3.63) is 63.7 Å². The molecule has 1 aliphatic rings. The van der Waals surface area contributed by atoms with Gasteiger partial charge in [0.25, 0.3) is 5.69 Å². The third kappa shape index (κ3) is 7.74. The molecule has 0 aromatic heterocycles. The summed E-state index contributed by atoms with van der Waals surface area (Å²) in [6, 6.07) is 12.9. The molecule has 0 saturated carbocycles. The number of hydrogen-bond acceptors (Lipinski definition) is 8. The van der Waals surface area contributed by atoms with Crippen molar-refractivity contribution < 1.29 is 34.2 Å². The highest BCUT2D eigenvalue weighted by Crippen LogP contribution is 2.26. The minimum absolute atomic E-state index is 0.197. The maximum atomic E-state index is 11.2. The molecular formula is C22H27N3O8. The van der Waals surface area contributed by atoms with Crippen LogP contribution in [0.1, 0.15) is 11.1 Å². The normalized spacial score (nSPS) is 14.0. The summed E-state index contributed by atoms with van der Waals surface area (Å²) < 4.78 is 10.7. The zero-order valence-electron chi connectivity index (χ0n) is 18.5. The van der Waals surface area contributed by atoms with Crippen LogP contribution in [0.25, 0.3) is 0 Å². The van der Waals surface area contributed by atoms with Gasteiger partial charge < -0.3 is 19.7 Å². The average molecular weight is 461 g/mol. The summed E-state index contributed by atoms with van der Waals surface area (Å²) in [4.78, 5) is 33.7. The minimum atomic E-state index is -1.82. The molecule has 0 spiro atoms. The lowest BCUT2D eigenvalue weighted by molar-refractivity contribution is -0.385. The quantitative estimate of drug-likeness (QED) is 0.357. The molecule has 0 aliphatic carbocycles. The number of carboxylic acids is 2. The van der Waals surface area contributed by atoms with Crippen LogP contribution in [0.15, 0.2) is 42.5 Å². The van der Waals surface area contributed by atoms with Gasteiger partial charge in [-0.15, -0.1) is 0 Å². The molecule has 1 saturated heterocycles. The lowest BCUT2D eigenvalue weighted by atomic mass is 10.1. The van der Waals surface area contributed by atoms with Gasteiger partial charge in [-0.3, -0.25) is 19.9 Å². The van der Waals surface area contributed by atoms with E-state index in [4.69, 9.17) is 29.3 Å². The SMILES string of the molecule is COc1ccc(CN2CCN(Cc3ccccc3[N+](=O)[O-])CC2)c(OC)c1.O=C(O)C(=O)O. The highest BCUT2D eigenvalue weighted by molar-refractivity contribution is 6.27. The number of nitro benzene ring substituents is 1. The Kier molecular flexibility index (Phi) is 9.58. The second kappa shape index (κ2) is 12.4. The highest BCUT2D eigenvalue weighted by Gasteiger charge is 2.21. The van der Waals surface area contributed by atoms with Crippen LogP contribution in [-0.2, 0) is 22.7 Å². The van der Waals surface area contributed by atoms with Crippen LogP contribution in [0, 0.1) is 10.1 Å². The Labute approximate surface area is 190 Å². The summed E-state index contributed by atoms with van der Waals surface area (Å²) in [6.45, 7) is 5.00. The number of piperazine rings is 1. The van der Waals surface area contributed by atoms with E-state index in [-0.39, 0.29) is 10.6 Å². The number of rotatable bonds is 7. The van der Waals surface area contributed by atoms with E-state index in [2.05, 4.69) is 9.80 Å². The van der Waals surface area contributed by atoms with Crippen molar-refractivity contribution in [1.82, 2.24) is 9.80 Å². The Bertz CT molecular complexity index is 962. The zero-order valence-corrected chi connectivity index (χ0v) is 18.5. The second-order valence-electron chi connectivity index (χ2n) is 7.23. The molecule has 1 fully saturated rings. The molecule has 0 atom stereocenters. The maximum Gasteiger partial charge on any atom is 0.414 e. The molecule has 2 N–H and O–H groups in total. The molecule has 0 radical (unpaired) electrons. The number of para-hydroxylation sites is 1. The number of carboxylic acid groups (broad SMARTS) is 2. The second-order valence-corrected chi connectivity index (χ2v) is 7.23. The van der Waals surface area contributed by atoms with Crippen molar-refractivity contribution >= 4 is 17.6 Å². The van der Waals surface area contributed by atoms with E-state index in [0.717, 1.165) is 55.3 Å². The lowest BCUT2D eigenvalue weighted by Crippen LogP contribution is -2.45. The van der Waals surface area contributed by atoms with Gasteiger partial charge in [-0.05, 0) is 6.07 Å². The Morgan fingerprint density at radius 2 is 1.45 bits per heavy atom.